The Bertz CT molecular complexity index is 529. The first-order valence-corrected chi connectivity index (χ1v) is 8.46. The van der Waals surface area contributed by atoms with Gasteiger partial charge >= 0.3 is 0 Å². The molecule has 2 unspecified atom stereocenters. The molecule has 2 aromatic rings. The SMILES string of the molecule is BN1C(c2ccc(Br)cc2)CCC1c1ccc(Br)cc1. The van der Waals surface area contributed by atoms with E-state index >= 15 is 0 Å². The fourth-order valence-corrected chi connectivity index (χ4v) is 3.64. The molecule has 0 aliphatic carbocycles. The van der Waals surface area contributed by atoms with Gasteiger partial charge in [-0.25, -0.2) is 0 Å². The summed E-state index contributed by atoms with van der Waals surface area (Å²) in [4.78, 5) is 2.51. The molecule has 0 saturated carbocycles. The van der Waals surface area contributed by atoms with E-state index in [4.69, 9.17) is 0 Å². The number of hydrogen-bond donors (Lipinski definition) is 0. The molecular formula is C16H16BBr2N. The van der Waals surface area contributed by atoms with E-state index < -0.39 is 0 Å². The molecule has 1 aliphatic heterocycles. The Morgan fingerprint density at radius 3 is 1.45 bits per heavy atom. The Labute approximate surface area is 138 Å². The average molecular weight is 393 g/mol. The maximum atomic E-state index is 3.51. The van der Waals surface area contributed by atoms with Crippen LogP contribution in [0.4, 0.5) is 0 Å². The van der Waals surface area contributed by atoms with Crippen LogP contribution in [0, 0.1) is 0 Å². The van der Waals surface area contributed by atoms with Crippen LogP contribution >= 0.6 is 31.9 Å². The Morgan fingerprint density at radius 1 is 0.750 bits per heavy atom. The zero-order valence-electron chi connectivity index (χ0n) is 11.4. The van der Waals surface area contributed by atoms with Gasteiger partial charge in [0, 0.05) is 21.0 Å². The first kappa shape index (κ1) is 14.4. The lowest BCUT2D eigenvalue weighted by Gasteiger charge is -2.27. The molecule has 0 N–H and O–H groups in total. The van der Waals surface area contributed by atoms with E-state index in [1.165, 1.54) is 24.0 Å². The van der Waals surface area contributed by atoms with E-state index in [0.29, 0.717) is 12.1 Å². The van der Waals surface area contributed by atoms with Crippen LogP contribution in [0.2, 0.25) is 0 Å². The molecular weight excluding hydrogens is 377 g/mol. The number of halogens is 2. The molecule has 1 heterocycles. The molecule has 1 saturated heterocycles. The van der Waals surface area contributed by atoms with Crippen LogP contribution in [0.3, 0.4) is 0 Å². The maximum Gasteiger partial charge on any atom is 0.186 e. The van der Waals surface area contributed by atoms with E-state index in [1.807, 2.05) is 0 Å². The standard InChI is InChI=1S/C16H16BBr2N/c17-20-15(11-1-5-13(18)6-2-11)9-10-16(20)12-3-7-14(19)8-4-12/h1-8,15-16H,9-10,17H2. The minimum atomic E-state index is 0.525. The highest BCUT2D eigenvalue weighted by atomic mass is 79.9. The monoisotopic (exact) mass is 391 g/mol. The molecule has 0 bridgehead atoms. The molecule has 1 aliphatic rings. The van der Waals surface area contributed by atoms with Crippen LogP contribution in [-0.4, -0.2) is 12.8 Å². The third-order valence-electron chi connectivity index (χ3n) is 4.21. The molecule has 2 atom stereocenters. The first-order chi connectivity index (χ1) is 9.65. The van der Waals surface area contributed by atoms with Gasteiger partial charge in [0.1, 0.15) is 0 Å². The Hall–Kier alpha value is -0.575. The van der Waals surface area contributed by atoms with Gasteiger partial charge in [-0.1, -0.05) is 56.1 Å². The topological polar surface area (TPSA) is 3.24 Å². The third kappa shape index (κ3) is 2.88. The molecule has 1 nitrogen and oxygen atoms in total. The highest BCUT2D eigenvalue weighted by Crippen LogP contribution is 2.42. The second-order valence-corrected chi connectivity index (χ2v) is 7.21. The summed E-state index contributed by atoms with van der Waals surface area (Å²) in [5, 5.41) is 0. The maximum absolute atomic E-state index is 3.51. The normalized spacial score (nSPS) is 23.1. The molecule has 0 aromatic heterocycles. The largest absolute Gasteiger partial charge is 0.336 e. The summed E-state index contributed by atoms with van der Waals surface area (Å²) in [6.07, 6.45) is 2.44. The van der Waals surface area contributed by atoms with E-state index in [-0.39, 0.29) is 0 Å². The van der Waals surface area contributed by atoms with E-state index in [0.717, 1.165) is 8.95 Å². The molecule has 20 heavy (non-hydrogen) atoms. The van der Waals surface area contributed by atoms with E-state index in [2.05, 4.69) is 93.2 Å². The van der Waals surface area contributed by atoms with Gasteiger partial charge < -0.3 is 4.81 Å². The van der Waals surface area contributed by atoms with E-state index in [9.17, 15) is 0 Å². The first-order valence-electron chi connectivity index (χ1n) is 6.88. The quantitative estimate of drug-likeness (QED) is 0.673. The number of nitrogens with zero attached hydrogens (tertiary/aromatic N) is 1. The second kappa shape index (κ2) is 6.04. The van der Waals surface area contributed by atoms with Gasteiger partial charge in [-0.05, 0) is 48.2 Å². The summed E-state index contributed by atoms with van der Waals surface area (Å²) in [5.41, 5.74) is 2.82. The van der Waals surface area contributed by atoms with Crippen molar-refractivity contribution >= 4 is 39.8 Å². The van der Waals surface area contributed by atoms with E-state index in [1.54, 1.807) is 0 Å². The van der Waals surface area contributed by atoms with Gasteiger partial charge in [-0.2, -0.15) is 0 Å². The summed E-state index contributed by atoms with van der Waals surface area (Å²) >= 11 is 7.01. The summed E-state index contributed by atoms with van der Waals surface area (Å²) < 4.78 is 2.29. The van der Waals surface area contributed by atoms with Gasteiger partial charge in [-0.15, -0.1) is 0 Å². The van der Waals surface area contributed by atoms with Crippen LogP contribution in [0.5, 0.6) is 0 Å². The van der Waals surface area contributed by atoms with Gasteiger partial charge in [0.15, 0.2) is 7.98 Å². The van der Waals surface area contributed by atoms with Gasteiger partial charge in [0.2, 0.25) is 0 Å². The average Bonchev–Trinajstić information content (AvgIpc) is 2.83. The second-order valence-electron chi connectivity index (χ2n) is 5.38. The van der Waals surface area contributed by atoms with Crippen LogP contribution < -0.4 is 0 Å². The predicted octanol–water partition coefficient (Wildman–Crippen LogP) is 4.64. The molecule has 2 aromatic carbocycles. The highest BCUT2D eigenvalue weighted by molar-refractivity contribution is 9.10. The van der Waals surface area contributed by atoms with Crippen molar-refractivity contribution in [2.75, 3.05) is 0 Å². The zero-order chi connectivity index (χ0) is 14.1. The highest BCUT2D eigenvalue weighted by Gasteiger charge is 2.31. The Balaban J connectivity index is 1.81. The molecule has 0 amide bonds. The summed E-state index contributed by atoms with van der Waals surface area (Å²) in [7, 11) is 2.24. The number of hydrogen-bond acceptors (Lipinski definition) is 1. The number of benzene rings is 2. The predicted molar refractivity (Wildman–Crippen MR) is 93.4 cm³/mol. The fourth-order valence-electron chi connectivity index (χ4n) is 3.11. The van der Waals surface area contributed by atoms with Gasteiger partial charge in [0.05, 0.1) is 0 Å². The van der Waals surface area contributed by atoms with Crippen molar-refractivity contribution in [3.8, 4) is 0 Å². The van der Waals surface area contributed by atoms with Crippen molar-refractivity contribution < 1.29 is 0 Å². The van der Waals surface area contributed by atoms with Crippen molar-refractivity contribution in [2.24, 2.45) is 0 Å². The summed E-state index contributed by atoms with van der Waals surface area (Å²) in [6.45, 7) is 0. The molecule has 102 valence electrons. The van der Waals surface area contributed by atoms with Crippen LogP contribution in [-0.2, 0) is 0 Å². The van der Waals surface area contributed by atoms with Crippen molar-refractivity contribution in [3.05, 3.63) is 68.6 Å². The zero-order valence-corrected chi connectivity index (χ0v) is 14.6. The lowest BCUT2D eigenvalue weighted by molar-refractivity contribution is 0.354. The Kier molecular flexibility index (Phi) is 4.34. The summed E-state index contributed by atoms with van der Waals surface area (Å²) in [6, 6.07) is 18.5. The molecule has 3 rings (SSSR count). The molecule has 4 heteroatoms. The molecule has 0 spiro atoms. The van der Waals surface area contributed by atoms with Crippen molar-refractivity contribution in [2.45, 2.75) is 24.9 Å². The molecule has 1 fully saturated rings. The lowest BCUT2D eigenvalue weighted by atomic mass is 10.0. The van der Waals surface area contributed by atoms with Crippen molar-refractivity contribution in [1.29, 1.82) is 0 Å². The summed E-state index contributed by atoms with van der Waals surface area (Å²) in [5.74, 6) is 0. The molecule has 0 radical (unpaired) electrons. The Morgan fingerprint density at radius 2 is 1.10 bits per heavy atom. The third-order valence-corrected chi connectivity index (χ3v) is 5.26. The lowest BCUT2D eigenvalue weighted by Crippen LogP contribution is -2.23. The fraction of sp³-hybridized carbons (Fsp3) is 0.250. The van der Waals surface area contributed by atoms with Gasteiger partial charge in [-0.3, -0.25) is 0 Å². The van der Waals surface area contributed by atoms with Crippen molar-refractivity contribution in [1.82, 2.24) is 4.81 Å². The van der Waals surface area contributed by atoms with Crippen molar-refractivity contribution in [3.63, 3.8) is 0 Å². The smallest absolute Gasteiger partial charge is 0.186 e. The van der Waals surface area contributed by atoms with Crippen LogP contribution in [0.1, 0.15) is 36.1 Å². The van der Waals surface area contributed by atoms with Crippen LogP contribution in [0.15, 0.2) is 57.5 Å². The minimum Gasteiger partial charge on any atom is -0.336 e. The number of rotatable bonds is 2. The van der Waals surface area contributed by atoms with Crippen LogP contribution in [0.25, 0.3) is 0 Å². The van der Waals surface area contributed by atoms with Gasteiger partial charge in [0.25, 0.3) is 0 Å². The minimum absolute atomic E-state index is 0.525.